The first-order valence-electron chi connectivity index (χ1n) is 5.56. The standard InChI is InChI=1S/C11H21N3/c1-4-11(9-12)14-7-5-13(6-8-14)10(2)3/h10-11H,4-8H2,1-3H3. The predicted molar refractivity (Wildman–Crippen MR) is 58.0 cm³/mol. The number of nitrogens with zero attached hydrogens (tertiary/aromatic N) is 3. The summed E-state index contributed by atoms with van der Waals surface area (Å²) in [4.78, 5) is 4.78. The molecule has 0 aromatic carbocycles. The van der Waals surface area contributed by atoms with Gasteiger partial charge in [0.05, 0.1) is 12.1 Å². The number of rotatable bonds is 3. The average molecular weight is 195 g/mol. The number of hydrogen-bond donors (Lipinski definition) is 0. The third-order valence-electron chi connectivity index (χ3n) is 3.06. The molecule has 0 aromatic heterocycles. The molecular weight excluding hydrogens is 174 g/mol. The molecule has 1 atom stereocenters. The van der Waals surface area contributed by atoms with Crippen molar-refractivity contribution in [3.05, 3.63) is 0 Å². The Morgan fingerprint density at radius 1 is 1.14 bits per heavy atom. The third kappa shape index (κ3) is 2.70. The van der Waals surface area contributed by atoms with Gasteiger partial charge in [0.1, 0.15) is 0 Å². The molecule has 1 saturated heterocycles. The van der Waals surface area contributed by atoms with Gasteiger partial charge in [0.15, 0.2) is 0 Å². The van der Waals surface area contributed by atoms with E-state index in [9.17, 15) is 0 Å². The summed E-state index contributed by atoms with van der Waals surface area (Å²) in [6.07, 6.45) is 0.943. The van der Waals surface area contributed by atoms with Crippen LogP contribution in [0.15, 0.2) is 0 Å². The fourth-order valence-corrected chi connectivity index (χ4v) is 2.00. The second-order valence-corrected chi connectivity index (χ2v) is 4.22. The molecular formula is C11H21N3. The van der Waals surface area contributed by atoms with E-state index in [-0.39, 0.29) is 6.04 Å². The van der Waals surface area contributed by atoms with Gasteiger partial charge in [-0.15, -0.1) is 0 Å². The van der Waals surface area contributed by atoms with Gasteiger partial charge >= 0.3 is 0 Å². The molecule has 1 aliphatic rings. The summed E-state index contributed by atoms with van der Waals surface area (Å²) >= 11 is 0. The van der Waals surface area contributed by atoms with Crippen molar-refractivity contribution >= 4 is 0 Å². The van der Waals surface area contributed by atoms with Crippen molar-refractivity contribution in [3.63, 3.8) is 0 Å². The molecule has 80 valence electrons. The smallest absolute Gasteiger partial charge is 0.0976 e. The molecule has 1 aliphatic heterocycles. The van der Waals surface area contributed by atoms with Crippen LogP contribution in [0.5, 0.6) is 0 Å². The quantitative estimate of drug-likeness (QED) is 0.680. The van der Waals surface area contributed by atoms with E-state index in [4.69, 9.17) is 5.26 Å². The lowest BCUT2D eigenvalue weighted by Gasteiger charge is -2.38. The fraction of sp³-hybridized carbons (Fsp3) is 0.909. The summed E-state index contributed by atoms with van der Waals surface area (Å²) in [5, 5.41) is 8.95. The molecule has 1 unspecified atom stereocenters. The van der Waals surface area contributed by atoms with Crippen LogP contribution >= 0.6 is 0 Å². The molecule has 0 aliphatic carbocycles. The average Bonchev–Trinajstić information content (AvgIpc) is 2.20. The van der Waals surface area contributed by atoms with E-state index in [1.54, 1.807) is 0 Å². The van der Waals surface area contributed by atoms with Crippen LogP contribution in [-0.4, -0.2) is 48.1 Å². The zero-order valence-electron chi connectivity index (χ0n) is 9.53. The number of piperazine rings is 1. The van der Waals surface area contributed by atoms with Crippen LogP contribution in [0.2, 0.25) is 0 Å². The monoisotopic (exact) mass is 195 g/mol. The maximum absolute atomic E-state index is 8.95. The Morgan fingerprint density at radius 2 is 1.64 bits per heavy atom. The highest BCUT2D eigenvalue weighted by Gasteiger charge is 2.23. The third-order valence-corrected chi connectivity index (χ3v) is 3.06. The van der Waals surface area contributed by atoms with Crippen LogP contribution in [0.1, 0.15) is 27.2 Å². The van der Waals surface area contributed by atoms with E-state index < -0.39 is 0 Å². The second-order valence-electron chi connectivity index (χ2n) is 4.22. The number of nitriles is 1. The normalized spacial score (nSPS) is 22.2. The Kier molecular flexibility index (Phi) is 4.37. The molecule has 0 amide bonds. The van der Waals surface area contributed by atoms with Crippen molar-refractivity contribution in [2.45, 2.75) is 39.3 Å². The highest BCUT2D eigenvalue weighted by atomic mass is 15.3. The lowest BCUT2D eigenvalue weighted by Crippen LogP contribution is -2.51. The van der Waals surface area contributed by atoms with Crippen LogP contribution in [-0.2, 0) is 0 Å². The first-order valence-corrected chi connectivity index (χ1v) is 5.56. The molecule has 0 saturated carbocycles. The minimum atomic E-state index is 0.129. The molecule has 1 fully saturated rings. The van der Waals surface area contributed by atoms with Crippen LogP contribution in [0.4, 0.5) is 0 Å². The minimum Gasteiger partial charge on any atom is -0.298 e. The SMILES string of the molecule is CCC(C#N)N1CCN(C(C)C)CC1. The molecule has 0 bridgehead atoms. The fourth-order valence-electron chi connectivity index (χ4n) is 2.00. The first kappa shape index (κ1) is 11.5. The van der Waals surface area contributed by atoms with Crippen molar-refractivity contribution in [3.8, 4) is 6.07 Å². The Balaban J connectivity index is 2.39. The largest absolute Gasteiger partial charge is 0.298 e. The minimum absolute atomic E-state index is 0.129. The Morgan fingerprint density at radius 3 is 2.00 bits per heavy atom. The van der Waals surface area contributed by atoms with Gasteiger partial charge < -0.3 is 0 Å². The molecule has 3 nitrogen and oxygen atoms in total. The number of hydrogen-bond acceptors (Lipinski definition) is 3. The predicted octanol–water partition coefficient (Wildman–Crippen LogP) is 1.31. The zero-order chi connectivity index (χ0) is 10.6. The van der Waals surface area contributed by atoms with Gasteiger partial charge in [0.2, 0.25) is 0 Å². The van der Waals surface area contributed by atoms with Crippen LogP contribution in [0.25, 0.3) is 0 Å². The summed E-state index contributed by atoms with van der Waals surface area (Å²) in [5.74, 6) is 0. The van der Waals surface area contributed by atoms with E-state index in [0.717, 1.165) is 32.6 Å². The highest BCUT2D eigenvalue weighted by molar-refractivity contribution is 4.92. The lowest BCUT2D eigenvalue weighted by molar-refractivity contribution is 0.0921. The maximum Gasteiger partial charge on any atom is 0.0976 e. The molecule has 0 radical (unpaired) electrons. The Bertz CT molecular complexity index is 199. The van der Waals surface area contributed by atoms with Gasteiger partial charge in [-0.3, -0.25) is 9.80 Å². The van der Waals surface area contributed by atoms with E-state index in [2.05, 4.69) is 36.6 Å². The Hall–Kier alpha value is -0.590. The molecule has 1 rings (SSSR count). The van der Waals surface area contributed by atoms with E-state index in [0.29, 0.717) is 6.04 Å². The molecule has 1 heterocycles. The summed E-state index contributed by atoms with van der Waals surface area (Å²) in [6, 6.07) is 3.14. The molecule has 14 heavy (non-hydrogen) atoms. The Labute approximate surface area is 87.3 Å². The van der Waals surface area contributed by atoms with Crippen molar-refractivity contribution in [1.29, 1.82) is 5.26 Å². The topological polar surface area (TPSA) is 30.3 Å². The summed E-state index contributed by atoms with van der Waals surface area (Å²) in [7, 11) is 0. The molecule has 3 heteroatoms. The van der Waals surface area contributed by atoms with Crippen molar-refractivity contribution in [2.24, 2.45) is 0 Å². The van der Waals surface area contributed by atoms with Crippen LogP contribution < -0.4 is 0 Å². The summed E-state index contributed by atoms with van der Waals surface area (Å²) in [6.45, 7) is 10.9. The van der Waals surface area contributed by atoms with Gasteiger partial charge in [-0.05, 0) is 20.3 Å². The second kappa shape index (κ2) is 5.33. The van der Waals surface area contributed by atoms with Crippen molar-refractivity contribution in [2.75, 3.05) is 26.2 Å². The lowest BCUT2D eigenvalue weighted by atomic mass is 10.1. The molecule has 0 N–H and O–H groups in total. The van der Waals surface area contributed by atoms with Gasteiger partial charge in [-0.2, -0.15) is 5.26 Å². The zero-order valence-corrected chi connectivity index (χ0v) is 9.53. The first-order chi connectivity index (χ1) is 6.69. The summed E-state index contributed by atoms with van der Waals surface area (Å²) < 4.78 is 0. The highest BCUT2D eigenvalue weighted by Crippen LogP contribution is 2.10. The molecule has 0 spiro atoms. The van der Waals surface area contributed by atoms with Crippen molar-refractivity contribution in [1.82, 2.24) is 9.80 Å². The summed E-state index contributed by atoms with van der Waals surface area (Å²) in [5.41, 5.74) is 0. The maximum atomic E-state index is 8.95. The van der Waals surface area contributed by atoms with E-state index >= 15 is 0 Å². The molecule has 0 aromatic rings. The van der Waals surface area contributed by atoms with E-state index in [1.807, 2.05) is 0 Å². The van der Waals surface area contributed by atoms with Crippen molar-refractivity contribution < 1.29 is 0 Å². The van der Waals surface area contributed by atoms with E-state index in [1.165, 1.54) is 0 Å². The van der Waals surface area contributed by atoms with Gasteiger partial charge in [-0.25, -0.2) is 0 Å². The van der Waals surface area contributed by atoms with Gasteiger partial charge in [0.25, 0.3) is 0 Å². The van der Waals surface area contributed by atoms with Gasteiger partial charge in [-0.1, -0.05) is 6.92 Å². The van der Waals surface area contributed by atoms with Crippen LogP contribution in [0.3, 0.4) is 0 Å². The van der Waals surface area contributed by atoms with Gasteiger partial charge in [0, 0.05) is 32.2 Å². The van der Waals surface area contributed by atoms with Crippen LogP contribution in [0, 0.1) is 11.3 Å².